The van der Waals surface area contributed by atoms with Crippen LogP contribution in [-0.4, -0.2) is 11.7 Å². The standard InChI is InChI=1S/C16H26O/c1-4-13(11-17)6-5-9-16(3)12(2)14-7-8-15(16)10-14/h6,14-15,17H,2,4-5,7-11H2,1,3H3/b13-6-/t14-,15+,16+/m1/s1. The van der Waals surface area contributed by atoms with Crippen LogP contribution in [-0.2, 0) is 0 Å². The minimum atomic E-state index is 0.222. The molecule has 3 atom stereocenters. The van der Waals surface area contributed by atoms with Crippen molar-refractivity contribution in [3.8, 4) is 0 Å². The summed E-state index contributed by atoms with van der Waals surface area (Å²) in [6, 6.07) is 0. The van der Waals surface area contributed by atoms with Crippen molar-refractivity contribution < 1.29 is 5.11 Å². The Hall–Kier alpha value is -0.560. The predicted molar refractivity (Wildman–Crippen MR) is 72.8 cm³/mol. The first-order chi connectivity index (χ1) is 8.11. The third-order valence-electron chi connectivity index (χ3n) is 5.31. The van der Waals surface area contributed by atoms with E-state index in [9.17, 15) is 0 Å². The van der Waals surface area contributed by atoms with Crippen molar-refractivity contribution in [1.82, 2.24) is 0 Å². The maximum atomic E-state index is 9.15. The summed E-state index contributed by atoms with van der Waals surface area (Å²) in [5.41, 5.74) is 3.08. The van der Waals surface area contributed by atoms with Crippen molar-refractivity contribution in [3.05, 3.63) is 23.8 Å². The first-order valence-corrected chi connectivity index (χ1v) is 7.09. The maximum Gasteiger partial charge on any atom is 0.0641 e. The molecule has 0 heterocycles. The zero-order chi connectivity index (χ0) is 12.5. The molecule has 1 N–H and O–H groups in total. The number of hydrogen-bond acceptors (Lipinski definition) is 1. The van der Waals surface area contributed by atoms with Crippen LogP contribution in [0.25, 0.3) is 0 Å². The van der Waals surface area contributed by atoms with Crippen LogP contribution >= 0.6 is 0 Å². The molecule has 0 aromatic carbocycles. The van der Waals surface area contributed by atoms with Gasteiger partial charge in [0.05, 0.1) is 6.61 Å². The molecule has 0 saturated heterocycles. The minimum Gasteiger partial charge on any atom is -0.392 e. The first kappa shape index (κ1) is 12.9. The van der Waals surface area contributed by atoms with Gasteiger partial charge in [-0.15, -0.1) is 0 Å². The molecule has 2 bridgehead atoms. The van der Waals surface area contributed by atoms with Gasteiger partial charge in [-0.05, 0) is 61.3 Å². The molecule has 17 heavy (non-hydrogen) atoms. The quantitative estimate of drug-likeness (QED) is 0.710. The van der Waals surface area contributed by atoms with Crippen LogP contribution in [0.5, 0.6) is 0 Å². The van der Waals surface area contributed by atoms with Crippen molar-refractivity contribution >= 4 is 0 Å². The number of aliphatic hydroxyl groups is 1. The van der Waals surface area contributed by atoms with E-state index in [0.29, 0.717) is 5.41 Å². The molecule has 1 heteroatoms. The van der Waals surface area contributed by atoms with E-state index in [2.05, 4.69) is 26.5 Å². The summed E-state index contributed by atoms with van der Waals surface area (Å²) < 4.78 is 0. The van der Waals surface area contributed by atoms with E-state index < -0.39 is 0 Å². The number of aliphatic hydroxyl groups excluding tert-OH is 1. The minimum absolute atomic E-state index is 0.222. The van der Waals surface area contributed by atoms with E-state index in [0.717, 1.165) is 24.7 Å². The predicted octanol–water partition coefficient (Wildman–Crippen LogP) is 4.09. The molecule has 0 unspecified atom stereocenters. The molecule has 0 radical (unpaired) electrons. The summed E-state index contributed by atoms with van der Waals surface area (Å²) in [7, 11) is 0. The van der Waals surface area contributed by atoms with Crippen LogP contribution in [0.3, 0.4) is 0 Å². The van der Waals surface area contributed by atoms with E-state index in [1.54, 1.807) is 0 Å². The largest absolute Gasteiger partial charge is 0.392 e. The Morgan fingerprint density at radius 2 is 2.29 bits per heavy atom. The van der Waals surface area contributed by atoms with E-state index in [-0.39, 0.29) is 6.61 Å². The SMILES string of the molecule is C=C1[C@@H]2CC[C@@H](C2)[C@@]1(C)CC/C=C(/CC)CO. The summed E-state index contributed by atoms with van der Waals surface area (Å²) in [5.74, 6) is 1.70. The molecule has 2 aliphatic carbocycles. The maximum absolute atomic E-state index is 9.15. The molecule has 0 aromatic rings. The van der Waals surface area contributed by atoms with Gasteiger partial charge in [-0.25, -0.2) is 0 Å². The van der Waals surface area contributed by atoms with Crippen molar-refractivity contribution in [3.63, 3.8) is 0 Å². The Labute approximate surface area is 106 Å². The van der Waals surface area contributed by atoms with Gasteiger partial charge >= 0.3 is 0 Å². The third kappa shape index (κ3) is 2.22. The van der Waals surface area contributed by atoms with Crippen LogP contribution < -0.4 is 0 Å². The molecule has 1 nitrogen and oxygen atoms in total. The molecular weight excluding hydrogens is 208 g/mol. The normalized spacial score (nSPS) is 36.9. The average molecular weight is 234 g/mol. The highest BCUT2D eigenvalue weighted by atomic mass is 16.3. The van der Waals surface area contributed by atoms with Crippen molar-refractivity contribution in [2.24, 2.45) is 17.3 Å². The summed E-state index contributed by atoms with van der Waals surface area (Å²) in [4.78, 5) is 0. The van der Waals surface area contributed by atoms with Gasteiger partial charge in [0.2, 0.25) is 0 Å². The Bertz CT molecular complexity index is 322. The molecule has 2 aliphatic rings. The average Bonchev–Trinajstić information content (AvgIpc) is 2.89. The Morgan fingerprint density at radius 3 is 2.82 bits per heavy atom. The van der Waals surface area contributed by atoms with Crippen molar-refractivity contribution in [1.29, 1.82) is 0 Å². The Balaban J connectivity index is 1.95. The monoisotopic (exact) mass is 234 g/mol. The lowest BCUT2D eigenvalue weighted by Crippen LogP contribution is -2.26. The lowest BCUT2D eigenvalue weighted by molar-refractivity contribution is 0.240. The number of hydrogen-bond donors (Lipinski definition) is 1. The van der Waals surface area contributed by atoms with Crippen LogP contribution in [0.1, 0.15) is 52.4 Å². The molecule has 0 amide bonds. The smallest absolute Gasteiger partial charge is 0.0641 e. The second-order valence-electron chi connectivity index (χ2n) is 6.06. The number of allylic oxidation sites excluding steroid dienone is 2. The van der Waals surface area contributed by atoms with E-state index in [1.165, 1.54) is 36.8 Å². The number of rotatable bonds is 5. The molecule has 0 spiro atoms. The molecule has 0 aromatic heterocycles. The van der Waals surface area contributed by atoms with Gasteiger partial charge in [0.15, 0.2) is 0 Å². The Morgan fingerprint density at radius 1 is 1.53 bits per heavy atom. The van der Waals surface area contributed by atoms with Gasteiger partial charge in [-0.1, -0.05) is 32.1 Å². The topological polar surface area (TPSA) is 20.2 Å². The van der Waals surface area contributed by atoms with Crippen LogP contribution in [0.4, 0.5) is 0 Å². The summed E-state index contributed by atoms with van der Waals surface area (Å²) in [5, 5.41) is 9.15. The molecule has 2 saturated carbocycles. The highest BCUT2D eigenvalue weighted by Crippen LogP contribution is 2.60. The van der Waals surface area contributed by atoms with Gasteiger partial charge in [0.1, 0.15) is 0 Å². The van der Waals surface area contributed by atoms with E-state index in [4.69, 9.17) is 5.11 Å². The van der Waals surface area contributed by atoms with Crippen molar-refractivity contribution in [2.45, 2.75) is 52.4 Å². The van der Waals surface area contributed by atoms with Gasteiger partial charge in [0.25, 0.3) is 0 Å². The first-order valence-electron chi connectivity index (χ1n) is 7.09. The van der Waals surface area contributed by atoms with Crippen molar-refractivity contribution in [2.75, 3.05) is 6.61 Å². The number of fused-ring (bicyclic) bond motifs is 2. The summed E-state index contributed by atoms with van der Waals surface area (Å²) in [6.07, 6.45) is 9.71. The second-order valence-corrected chi connectivity index (χ2v) is 6.06. The molecule has 96 valence electrons. The lowest BCUT2D eigenvalue weighted by atomic mass is 9.69. The molecule has 2 fully saturated rings. The van der Waals surface area contributed by atoms with Gasteiger partial charge in [0, 0.05) is 0 Å². The van der Waals surface area contributed by atoms with E-state index >= 15 is 0 Å². The van der Waals surface area contributed by atoms with Crippen LogP contribution in [0, 0.1) is 17.3 Å². The zero-order valence-electron chi connectivity index (χ0n) is 11.3. The van der Waals surface area contributed by atoms with E-state index in [1.807, 2.05) is 0 Å². The fraction of sp³-hybridized carbons (Fsp3) is 0.750. The lowest BCUT2D eigenvalue weighted by Gasteiger charge is -2.36. The second kappa shape index (κ2) is 4.97. The summed E-state index contributed by atoms with van der Waals surface area (Å²) in [6.45, 7) is 9.11. The third-order valence-corrected chi connectivity index (χ3v) is 5.31. The molecular formula is C16H26O. The van der Waals surface area contributed by atoms with Crippen LogP contribution in [0.2, 0.25) is 0 Å². The fourth-order valence-corrected chi connectivity index (χ4v) is 3.87. The highest BCUT2D eigenvalue weighted by Gasteiger charge is 2.49. The Kier molecular flexibility index (Phi) is 3.77. The van der Waals surface area contributed by atoms with Gasteiger partial charge < -0.3 is 5.11 Å². The molecule has 2 rings (SSSR count). The highest BCUT2D eigenvalue weighted by molar-refractivity contribution is 5.24. The summed E-state index contributed by atoms with van der Waals surface area (Å²) >= 11 is 0. The van der Waals surface area contributed by atoms with Crippen LogP contribution in [0.15, 0.2) is 23.8 Å². The molecule has 0 aliphatic heterocycles. The van der Waals surface area contributed by atoms with Gasteiger partial charge in [-0.3, -0.25) is 0 Å². The fourth-order valence-electron chi connectivity index (χ4n) is 3.87. The zero-order valence-corrected chi connectivity index (χ0v) is 11.3. The van der Waals surface area contributed by atoms with Gasteiger partial charge in [-0.2, -0.15) is 0 Å².